The molecule has 0 saturated carbocycles. The zero-order valence-corrected chi connectivity index (χ0v) is 14.3. The van der Waals surface area contributed by atoms with E-state index in [4.69, 9.17) is 0 Å². The Morgan fingerprint density at radius 2 is 2.09 bits per heavy atom. The average molecular weight is 335 g/mol. The molecule has 1 aliphatic rings. The number of benzene rings is 1. The number of carbonyl (C=O) groups is 1. The molecule has 1 aliphatic heterocycles. The third-order valence-corrected chi connectivity index (χ3v) is 4.22. The van der Waals surface area contributed by atoms with E-state index in [1.807, 2.05) is 55.4 Å². The fraction of sp³-hybridized carbons (Fsp3) is 0.412. The van der Waals surface area contributed by atoms with Gasteiger partial charge in [-0.05, 0) is 45.0 Å². The van der Waals surface area contributed by atoms with Gasteiger partial charge in [-0.3, -0.25) is 4.79 Å². The van der Waals surface area contributed by atoms with Crippen LogP contribution >= 0.6 is 12.4 Å². The summed E-state index contributed by atoms with van der Waals surface area (Å²) >= 11 is 0. The Morgan fingerprint density at radius 3 is 2.78 bits per heavy atom. The van der Waals surface area contributed by atoms with Crippen molar-refractivity contribution in [1.29, 1.82) is 0 Å². The molecule has 23 heavy (non-hydrogen) atoms. The highest BCUT2D eigenvalue weighted by atomic mass is 35.5. The van der Waals surface area contributed by atoms with E-state index >= 15 is 0 Å². The van der Waals surface area contributed by atoms with Crippen molar-refractivity contribution in [3.05, 3.63) is 47.8 Å². The first kappa shape index (κ1) is 17.5. The van der Waals surface area contributed by atoms with Gasteiger partial charge in [0, 0.05) is 19.3 Å². The Bertz CT molecular complexity index is 656. The van der Waals surface area contributed by atoms with Gasteiger partial charge in [-0.1, -0.05) is 18.2 Å². The smallest absolute Gasteiger partial charge is 0.257 e. The van der Waals surface area contributed by atoms with Gasteiger partial charge in [0.25, 0.3) is 5.91 Å². The maximum atomic E-state index is 12.7. The van der Waals surface area contributed by atoms with Crippen molar-refractivity contribution < 1.29 is 4.79 Å². The molecular weight excluding hydrogens is 312 g/mol. The first-order valence-corrected chi connectivity index (χ1v) is 7.74. The van der Waals surface area contributed by atoms with Crippen molar-refractivity contribution in [3.63, 3.8) is 0 Å². The second-order valence-corrected chi connectivity index (χ2v) is 5.87. The number of nitrogens with zero attached hydrogens (tertiary/aromatic N) is 3. The maximum Gasteiger partial charge on any atom is 0.257 e. The lowest BCUT2D eigenvalue weighted by Crippen LogP contribution is -2.30. The SMILES string of the molecule is CNCC1CCN(C(=O)c2cn(-c3ccccc3)nc2C)C1.Cl. The highest BCUT2D eigenvalue weighted by molar-refractivity contribution is 5.95. The molecule has 1 amide bonds. The molecule has 5 nitrogen and oxygen atoms in total. The van der Waals surface area contributed by atoms with Crippen LogP contribution in [0.4, 0.5) is 0 Å². The number of hydrogen-bond acceptors (Lipinski definition) is 3. The van der Waals surface area contributed by atoms with Gasteiger partial charge in [0.2, 0.25) is 0 Å². The molecule has 1 aromatic carbocycles. The molecule has 1 atom stereocenters. The Labute approximate surface area is 143 Å². The van der Waals surface area contributed by atoms with Crippen LogP contribution in [0.1, 0.15) is 22.5 Å². The Hall–Kier alpha value is -1.85. The lowest BCUT2D eigenvalue weighted by atomic mass is 10.1. The summed E-state index contributed by atoms with van der Waals surface area (Å²) in [6.07, 6.45) is 2.91. The maximum absolute atomic E-state index is 12.7. The van der Waals surface area contributed by atoms with E-state index < -0.39 is 0 Å². The third-order valence-electron chi connectivity index (χ3n) is 4.22. The molecule has 2 heterocycles. The number of amides is 1. The number of carbonyl (C=O) groups excluding carboxylic acids is 1. The fourth-order valence-electron chi connectivity index (χ4n) is 3.03. The molecule has 1 saturated heterocycles. The topological polar surface area (TPSA) is 50.2 Å². The highest BCUT2D eigenvalue weighted by Gasteiger charge is 2.28. The van der Waals surface area contributed by atoms with Gasteiger partial charge >= 0.3 is 0 Å². The summed E-state index contributed by atoms with van der Waals surface area (Å²) in [5.41, 5.74) is 2.46. The molecular formula is C17H23ClN4O. The van der Waals surface area contributed by atoms with Gasteiger partial charge < -0.3 is 10.2 Å². The van der Waals surface area contributed by atoms with E-state index in [9.17, 15) is 4.79 Å². The number of aryl methyl sites for hydroxylation is 1. The third kappa shape index (κ3) is 3.74. The van der Waals surface area contributed by atoms with Crippen LogP contribution in [0.3, 0.4) is 0 Å². The Morgan fingerprint density at radius 1 is 1.35 bits per heavy atom. The zero-order chi connectivity index (χ0) is 15.5. The van der Waals surface area contributed by atoms with E-state index in [1.165, 1.54) is 0 Å². The molecule has 0 radical (unpaired) electrons. The lowest BCUT2D eigenvalue weighted by molar-refractivity contribution is 0.0786. The van der Waals surface area contributed by atoms with E-state index in [0.717, 1.165) is 37.4 Å². The highest BCUT2D eigenvalue weighted by Crippen LogP contribution is 2.20. The van der Waals surface area contributed by atoms with Crippen LogP contribution in [0, 0.1) is 12.8 Å². The van der Waals surface area contributed by atoms with Crippen molar-refractivity contribution in [3.8, 4) is 5.69 Å². The predicted molar refractivity (Wildman–Crippen MR) is 93.5 cm³/mol. The number of rotatable bonds is 4. The average Bonchev–Trinajstić information content (AvgIpc) is 3.15. The monoisotopic (exact) mass is 334 g/mol. The van der Waals surface area contributed by atoms with E-state index in [-0.39, 0.29) is 18.3 Å². The minimum Gasteiger partial charge on any atom is -0.338 e. The second kappa shape index (κ2) is 7.62. The molecule has 0 bridgehead atoms. The first-order chi connectivity index (χ1) is 10.7. The van der Waals surface area contributed by atoms with E-state index in [0.29, 0.717) is 11.5 Å². The first-order valence-electron chi connectivity index (χ1n) is 7.74. The molecule has 0 aliphatic carbocycles. The number of para-hydroxylation sites is 1. The van der Waals surface area contributed by atoms with Crippen molar-refractivity contribution >= 4 is 18.3 Å². The molecule has 1 fully saturated rings. The normalized spacial score (nSPS) is 17.1. The summed E-state index contributed by atoms with van der Waals surface area (Å²) in [6, 6.07) is 9.88. The number of likely N-dealkylation sites (tertiary alicyclic amines) is 1. The Kier molecular flexibility index (Phi) is 5.80. The van der Waals surface area contributed by atoms with Gasteiger partial charge in [-0.2, -0.15) is 5.10 Å². The summed E-state index contributed by atoms with van der Waals surface area (Å²) in [6.45, 7) is 4.52. The molecule has 6 heteroatoms. The fourth-order valence-corrected chi connectivity index (χ4v) is 3.03. The van der Waals surface area contributed by atoms with Crippen LogP contribution < -0.4 is 5.32 Å². The number of halogens is 1. The number of hydrogen-bond donors (Lipinski definition) is 1. The van der Waals surface area contributed by atoms with Gasteiger partial charge in [-0.15, -0.1) is 12.4 Å². The second-order valence-electron chi connectivity index (χ2n) is 5.87. The zero-order valence-electron chi connectivity index (χ0n) is 13.5. The summed E-state index contributed by atoms with van der Waals surface area (Å²) in [5, 5.41) is 7.68. The van der Waals surface area contributed by atoms with Gasteiger partial charge in [0.05, 0.1) is 16.9 Å². The predicted octanol–water partition coefficient (Wildman–Crippen LogP) is 2.28. The molecule has 1 N–H and O–H groups in total. The van der Waals surface area contributed by atoms with Crippen LogP contribution in [-0.4, -0.2) is 47.3 Å². The molecule has 0 spiro atoms. The summed E-state index contributed by atoms with van der Waals surface area (Å²) in [7, 11) is 1.96. The van der Waals surface area contributed by atoms with Gasteiger partial charge in [0.1, 0.15) is 0 Å². The number of nitrogens with one attached hydrogen (secondary N) is 1. The van der Waals surface area contributed by atoms with Crippen molar-refractivity contribution in [2.45, 2.75) is 13.3 Å². The lowest BCUT2D eigenvalue weighted by Gasteiger charge is -2.16. The molecule has 1 unspecified atom stereocenters. The quantitative estimate of drug-likeness (QED) is 0.933. The van der Waals surface area contributed by atoms with E-state index in [2.05, 4.69) is 10.4 Å². The minimum absolute atomic E-state index is 0. The minimum atomic E-state index is 0. The van der Waals surface area contributed by atoms with Gasteiger partial charge in [-0.25, -0.2) is 4.68 Å². The van der Waals surface area contributed by atoms with Crippen molar-refractivity contribution in [2.75, 3.05) is 26.7 Å². The van der Waals surface area contributed by atoms with Crippen molar-refractivity contribution in [1.82, 2.24) is 20.0 Å². The summed E-state index contributed by atoms with van der Waals surface area (Å²) < 4.78 is 1.78. The van der Waals surface area contributed by atoms with Crippen LogP contribution in [0.5, 0.6) is 0 Å². The molecule has 3 rings (SSSR count). The van der Waals surface area contributed by atoms with Crippen LogP contribution in [0.15, 0.2) is 36.5 Å². The molecule has 2 aromatic rings. The van der Waals surface area contributed by atoms with Gasteiger partial charge in [0.15, 0.2) is 0 Å². The summed E-state index contributed by atoms with van der Waals surface area (Å²) in [4.78, 5) is 14.7. The summed E-state index contributed by atoms with van der Waals surface area (Å²) in [5.74, 6) is 0.650. The largest absolute Gasteiger partial charge is 0.338 e. The molecule has 124 valence electrons. The van der Waals surface area contributed by atoms with Crippen LogP contribution in [0.25, 0.3) is 5.69 Å². The van der Waals surface area contributed by atoms with Crippen molar-refractivity contribution in [2.24, 2.45) is 5.92 Å². The van der Waals surface area contributed by atoms with Crippen LogP contribution in [-0.2, 0) is 0 Å². The standard InChI is InChI=1S/C17H22N4O.ClH/c1-13-16(12-21(19-13)15-6-4-3-5-7-15)17(22)20-9-8-14(11-20)10-18-2;/h3-7,12,14,18H,8-11H2,1-2H3;1H. The Balaban J connectivity index is 0.00000192. The molecule has 1 aromatic heterocycles. The van der Waals surface area contributed by atoms with Crippen LogP contribution in [0.2, 0.25) is 0 Å². The van der Waals surface area contributed by atoms with E-state index in [1.54, 1.807) is 4.68 Å². The number of aromatic nitrogens is 2.